The van der Waals surface area contributed by atoms with Crippen LogP contribution in [-0.2, 0) is 0 Å². The molecule has 2 heterocycles. The maximum Gasteiger partial charge on any atom is 0.252 e. The number of nitrogens with one attached hydrogen (secondary N) is 1. The van der Waals surface area contributed by atoms with Gasteiger partial charge in [-0.05, 0) is 18.8 Å². The van der Waals surface area contributed by atoms with Gasteiger partial charge in [-0.3, -0.25) is 4.79 Å². The normalized spacial score (nSPS) is 25.9. The lowest BCUT2D eigenvalue weighted by molar-refractivity contribution is 0.494. The van der Waals surface area contributed by atoms with Crippen LogP contribution in [0.1, 0.15) is 19.7 Å². The van der Waals surface area contributed by atoms with Crippen LogP contribution in [0.3, 0.4) is 0 Å². The van der Waals surface area contributed by atoms with Crippen LogP contribution in [0.5, 0.6) is 0 Å². The van der Waals surface area contributed by atoms with E-state index in [1.165, 1.54) is 0 Å². The van der Waals surface area contributed by atoms with Crippen LogP contribution >= 0.6 is 0 Å². The summed E-state index contributed by atoms with van der Waals surface area (Å²) < 4.78 is 0. The zero-order valence-corrected chi connectivity index (χ0v) is 9.45. The number of aryl methyl sites for hydroxylation is 1. The topological polar surface area (TPSA) is 49.0 Å². The van der Waals surface area contributed by atoms with E-state index in [0.717, 1.165) is 18.9 Å². The molecule has 0 spiro atoms. The van der Waals surface area contributed by atoms with Gasteiger partial charge in [-0.15, -0.1) is 0 Å². The molecule has 2 atom stereocenters. The van der Waals surface area contributed by atoms with Gasteiger partial charge in [0, 0.05) is 19.2 Å². The van der Waals surface area contributed by atoms with E-state index in [2.05, 4.69) is 28.7 Å². The smallest absolute Gasteiger partial charge is 0.252 e. The Bertz CT molecular complexity index is 403. The van der Waals surface area contributed by atoms with Gasteiger partial charge in [-0.25, -0.2) is 4.98 Å². The molecule has 2 rings (SSSR count). The summed E-state index contributed by atoms with van der Waals surface area (Å²) in [4.78, 5) is 20.5. The molecule has 0 bridgehead atoms. The third-order valence-electron chi connectivity index (χ3n) is 3.16. The molecule has 2 unspecified atom stereocenters. The Labute approximate surface area is 89.3 Å². The van der Waals surface area contributed by atoms with Crippen LogP contribution in [-0.4, -0.2) is 23.1 Å². The second-order valence-electron chi connectivity index (χ2n) is 4.55. The maximum absolute atomic E-state index is 11.3. The molecule has 1 aromatic rings. The van der Waals surface area contributed by atoms with E-state index < -0.39 is 0 Å². The molecule has 1 aromatic heterocycles. The number of hydrogen-bond acceptors (Lipinski definition) is 3. The summed E-state index contributed by atoms with van der Waals surface area (Å²) in [6, 6.07) is 1.58. The fraction of sp³-hybridized carbons (Fsp3) is 0.636. The highest BCUT2D eigenvalue weighted by Gasteiger charge is 2.26. The lowest BCUT2D eigenvalue weighted by Gasteiger charge is -2.16. The molecule has 1 aliphatic heterocycles. The second kappa shape index (κ2) is 3.68. The Kier molecular flexibility index (Phi) is 2.50. The van der Waals surface area contributed by atoms with Crippen molar-refractivity contribution in [2.24, 2.45) is 11.8 Å². The first kappa shape index (κ1) is 10.2. The number of H-pyrrole nitrogens is 1. The first-order valence-corrected chi connectivity index (χ1v) is 5.39. The highest BCUT2D eigenvalue weighted by molar-refractivity contribution is 5.39. The minimum absolute atomic E-state index is 0.0651. The van der Waals surface area contributed by atoms with Crippen molar-refractivity contribution in [3.8, 4) is 0 Å². The Morgan fingerprint density at radius 1 is 1.40 bits per heavy atom. The standard InChI is InChI=1S/C11H17N3O/c1-7-5-14(6-8(7)2)10-4-11(15)13-9(3)12-10/h4,7-8H,5-6H2,1-3H3,(H,12,13,15). The predicted molar refractivity (Wildman–Crippen MR) is 60.1 cm³/mol. The molecule has 0 amide bonds. The average Bonchev–Trinajstić information content (AvgIpc) is 2.45. The first-order chi connectivity index (χ1) is 7.06. The fourth-order valence-electron chi connectivity index (χ4n) is 2.04. The largest absolute Gasteiger partial charge is 0.356 e. The summed E-state index contributed by atoms with van der Waals surface area (Å²) in [7, 11) is 0. The molecule has 4 heteroatoms. The van der Waals surface area contributed by atoms with Crippen LogP contribution < -0.4 is 10.5 Å². The number of aromatic nitrogens is 2. The molecular formula is C11H17N3O. The lowest BCUT2D eigenvalue weighted by Crippen LogP contribution is -2.23. The van der Waals surface area contributed by atoms with Gasteiger partial charge in [0.2, 0.25) is 0 Å². The molecule has 1 aliphatic rings. The molecule has 0 radical (unpaired) electrons. The van der Waals surface area contributed by atoms with Crippen molar-refractivity contribution in [3.63, 3.8) is 0 Å². The second-order valence-corrected chi connectivity index (χ2v) is 4.55. The van der Waals surface area contributed by atoms with Gasteiger partial charge in [0.15, 0.2) is 0 Å². The third-order valence-corrected chi connectivity index (χ3v) is 3.16. The van der Waals surface area contributed by atoms with Gasteiger partial charge in [0.1, 0.15) is 11.6 Å². The first-order valence-electron chi connectivity index (χ1n) is 5.39. The average molecular weight is 207 g/mol. The van der Waals surface area contributed by atoms with Crippen LogP contribution in [0, 0.1) is 18.8 Å². The fourth-order valence-corrected chi connectivity index (χ4v) is 2.04. The van der Waals surface area contributed by atoms with Crippen molar-refractivity contribution >= 4 is 5.82 Å². The van der Waals surface area contributed by atoms with E-state index in [0.29, 0.717) is 17.7 Å². The summed E-state index contributed by atoms with van der Waals surface area (Å²) in [5.41, 5.74) is -0.0651. The minimum atomic E-state index is -0.0651. The number of hydrogen-bond donors (Lipinski definition) is 1. The Morgan fingerprint density at radius 3 is 2.53 bits per heavy atom. The summed E-state index contributed by atoms with van der Waals surface area (Å²) >= 11 is 0. The van der Waals surface area contributed by atoms with Crippen molar-refractivity contribution in [3.05, 3.63) is 22.2 Å². The zero-order chi connectivity index (χ0) is 11.0. The van der Waals surface area contributed by atoms with Gasteiger partial charge >= 0.3 is 0 Å². The Morgan fingerprint density at radius 2 is 2.00 bits per heavy atom. The number of nitrogens with zero attached hydrogens (tertiary/aromatic N) is 2. The molecule has 1 N–H and O–H groups in total. The van der Waals surface area contributed by atoms with E-state index in [9.17, 15) is 4.79 Å². The van der Waals surface area contributed by atoms with Crippen LogP contribution in [0.25, 0.3) is 0 Å². The van der Waals surface area contributed by atoms with Crippen molar-refractivity contribution in [1.82, 2.24) is 9.97 Å². The van der Waals surface area contributed by atoms with E-state index >= 15 is 0 Å². The van der Waals surface area contributed by atoms with E-state index in [1.54, 1.807) is 6.07 Å². The summed E-state index contributed by atoms with van der Waals surface area (Å²) in [6.45, 7) is 8.29. The third kappa shape index (κ3) is 2.03. The maximum atomic E-state index is 11.3. The Hall–Kier alpha value is -1.32. The SMILES string of the molecule is Cc1nc(N2CC(C)C(C)C2)cc(=O)[nH]1. The Balaban J connectivity index is 2.27. The number of aromatic amines is 1. The molecule has 15 heavy (non-hydrogen) atoms. The molecule has 82 valence electrons. The van der Waals surface area contributed by atoms with Crippen LogP contribution in [0.2, 0.25) is 0 Å². The van der Waals surface area contributed by atoms with Crippen molar-refractivity contribution in [1.29, 1.82) is 0 Å². The highest BCUT2D eigenvalue weighted by atomic mass is 16.1. The van der Waals surface area contributed by atoms with Gasteiger partial charge in [0.25, 0.3) is 5.56 Å². The molecule has 4 nitrogen and oxygen atoms in total. The predicted octanol–water partition coefficient (Wildman–Crippen LogP) is 1.17. The summed E-state index contributed by atoms with van der Waals surface area (Å²) in [6.07, 6.45) is 0. The number of rotatable bonds is 1. The molecular weight excluding hydrogens is 190 g/mol. The number of anilines is 1. The van der Waals surface area contributed by atoms with Gasteiger partial charge in [-0.1, -0.05) is 13.8 Å². The molecule has 0 saturated carbocycles. The van der Waals surface area contributed by atoms with Crippen molar-refractivity contribution < 1.29 is 0 Å². The molecule has 0 aliphatic carbocycles. The summed E-state index contributed by atoms with van der Waals surface area (Å²) in [5.74, 6) is 2.84. The molecule has 0 aromatic carbocycles. The van der Waals surface area contributed by atoms with Gasteiger partial charge < -0.3 is 9.88 Å². The van der Waals surface area contributed by atoms with E-state index in [4.69, 9.17) is 0 Å². The van der Waals surface area contributed by atoms with Gasteiger partial charge in [0.05, 0.1) is 0 Å². The lowest BCUT2D eigenvalue weighted by atomic mass is 10.0. The molecule has 1 fully saturated rings. The van der Waals surface area contributed by atoms with Crippen molar-refractivity contribution in [2.75, 3.05) is 18.0 Å². The van der Waals surface area contributed by atoms with Crippen molar-refractivity contribution in [2.45, 2.75) is 20.8 Å². The zero-order valence-electron chi connectivity index (χ0n) is 9.45. The quantitative estimate of drug-likeness (QED) is 0.752. The van der Waals surface area contributed by atoms with Crippen LogP contribution in [0.4, 0.5) is 5.82 Å². The highest BCUT2D eigenvalue weighted by Crippen LogP contribution is 2.25. The van der Waals surface area contributed by atoms with Gasteiger partial charge in [-0.2, -0.15) is 0 Å². The van der Waals surface area contributed by atoms with Crippen LogP contribution in [0.15, 0.2) is 10.9 Å². The minimum Gasteiger partial charge on any atom is -0.356 e. The van der Waals surface area contributed by atoms with E-state index in [-0.39, 0.29) is 5.56 Å². The molecule has 1 saturated heterocycles. The summed E-state index contributed by atoms with van der Waals surface area (Å²) in [5, 5.41) is 0. The monoisotopic (exact) mass is 207 g/mol. The van der Waals surface area contributed by atoms with E-state index in [1.807, 2.05) is 6.92 Å².